The van der Waals surface area contributed by atoms with Crippen LogP contribution in [0.3, 0.4) is 0 Å². The Morgan fingerprint density at radius 3 is 2.24 bits per heavy atom. The summed E-state index contributed by atoms with van der Waals surface area (Å²) in [6, 6.07) is 9.16. The quantitative estimate of drug-likeness (QED) is 0.0555. The number of likely N-dealkylation sites (tertiary alicyclic amines) is 2. The number of rotatable bonds is 26. The van der Waals surface area contributed by atoms with Crippen LogP contribution in [-0.2, 0) is 46.4 Å². The Morgan fingerprint density at radius 1 is 0.957 bits per heavy atom. The minimum absolute atomic E-state index is 0.0287. The molecule has 7 atom stereocenters. The van der Waals surface area contributed by atoms with Crippen LogP contribution in [0.1, 0.15) is 123 Å². The number of ether oxygens (including phenoxy) is 3. The number of carbonyl (C=O) groups is 4. The fourth-order valence-electron chi connectivity index (χ4n) is 15.5. The van der Waals surface area contributed by atoms with Crippen molar-refractivity contribution >= 4 is 47.2 Å². The molecule has 8 heterocycles. The predicted octanol–water partition coefficient (Wildman–Crippen LogP) is 6.89. The number of nitrogens with zero attached hydrogens (tertiary/aromatic N) is 10. The van der Waals surface area contributed by atoms with Gasteiger partial charge in [-0.05, 0) is 160 Å². The van der Waals surface area contributed by atoms with E-state index < -0.39 is 29.8 Å². The first-order valence-corrected chi connectivity index (χ1v) is 34.3. The zero-order valence-electron chi connectivity index (χ0n) is 56.6. The van der Waals surface area contributed by atoms with Crippen LogP contribution in [0.2, 0.25) is 0 Å². The maximum atomic E-state index is 15.0. The normalized spacial score (nSPS) is 24.9. The van der Waals surface area contributed by atoms with Crippen LogP contribution >= 0.6 is 0 Å². The summed E-state index contributed by atoms with van der Waals surface area (Å²) >= 11 is 0. The fraction of sp³-hybridized carbons (Fsp3) is 0.754. The number of benzene rings is 1. The van der Waals surface area contributed by atoms with Gasteiger partial charge in [0.25, 0.3) is 12.4 Å². The van der Waals surface area contributed by atoms with E-state index >= 15 is 0 Å². The number of fused-ring (bicyclic) bond motifs is 1. The molecule has 23 heteroatoms. The number of halogens is 3. The number of likely N-dealkylation sites (N-methyl/N-ethyl adjacent to an activating group) is 1. The Labute approximate surface area is 544 Å². The van der Waals surface area contributed by atoms with E-state index in [1.165, 1.54) is 82.2 Å². The molecule has 1 aromatic carbocycles. The highest BCUT2D eigenvalue weighted by Gasteiger charge is 2.58. The molecule has 2 aromatic heterocycles. The van der Waals surface area contributed by atoms with Gasteiger partial charge < -0.3 is 53.9 Å². The average molecular weight is 1290 g/mol. The number of carbonyl (C=O) groups excluding carboxylic acids is 4. The second kappa shape index (κ2) is 31.4. The lowest BCUT2D eigenvalue weighted by atomic mass is 9.74. The maximum absolute atomic E-state index is 15.0. The van der Waals surface area contributed by atoms with E-state index in [4.69, 9.17) is 19.2 Å². The molecule has 9 fully saturated rings. The van der Waals surface area contributed by atoms with Crippen molar-refractivity contribution in [3.8, 4) is 11.3 Å². The highest BCUT2D eigenvalue weighted by atomic mass is 19.4. The lowest BCUT2D eigenvalue weighted by Crippen LogP contribution is -2.76. The van der Waals surface area contributed by atoms with Gasteiger partial charge in [-0.2, -0.15) is 13.2 Å². The molecule has 92 heavy (non-hydrogen) atoms. The predicted molar refractivity (Wildman–Crippen MR) is 353 cm³/mol. The molecule has 6 saturated heterocycles. The van der Waals surface area contributed by atoms with Gasteiger partial charge in [0.05, 0.1) is 67.9 Å². The Balaban J connectivity index is 0.000000280. The van der Waals surface area contributed by atoms with Crippen molar-refractivity contribution < 1.29 is 51.7 Å². The van der Waals surface area contributed by atoms with Crippen LogP contribution in [0.25, 0.3) is 22.2 Å². The summed E-state index contributed by atoms with van der Waals surface area (Å²) in [7, 11) is 7.29. The lowest BCUT2D eigenvalue weighted by molar-refractivity contribution is -0.214. The Bertz CT molecular complexity index is 2900. The van der Waals surface area contributed by atoms with Crippen LogP contribution < -0.4 is 21.0 Å². The van der Waals surface area contributed by atoms with Gasteiger partial charge in [-0.1, -0.05) is 33.6 Å². The summed E-state index contributed by atoms with van der Waals surface area (Å²) in [6.07, 6.45) is 12.7. The fourth-order valence-corrected chi connectivity index (χ4v) is 15.5. The van der Waals surface area contributed by atoms with Gasteiger partial charge in [0, 0.05) is 131 Å². The number of methoxy groups -OCH3 is 1. The monoisotopic (exact) mass is 1290 g/mol. The molecule has 7 unspecified atom stereocenters. The maximum Gasteiger partial charge on any atom is 0.406 e. The molecule has 6 aliphatic heterocycles. The molecule has 9 aliphatic rings. The number of aromatic nitrogens is 2. The van der Waals surface area contributed by atoms with Crippen molar-refractivity contribution in [2.45, 2.75) is 160 Å². The van der Waals surface area contributed by atoms with Crippen molar-refractivity contribution in [1.82, 2.24) is 44.5 Å². The number of aliphatic hydroxyl groups is 1. The van der Waals surface area contributed by atoms with E-state index in [1.54, 1.807) is 30.4 Å². The third kappa shape index (κ3) is 17.0. The topological polar surface area (TPSA) is 198 Å². The van der Waals surface area contributed by atoms with E-state index in [0.29, 0.717) is 103 Å². The number of aldehydes is 2. The first kappa shape index (κ1) is 71.5. The SMILES string of the molecule is CCN(C)CC1CCN(C(C=O)C2CCCC2)C1.CN.CN1C(C=O)C1C1CC1.COC(C)c1ncc(N2CCN(C3CC3)CC2)cc1-c1c(CC(C)(C)COC=O)c2cc(N(CCO)CC(C)(C(=O)N3CCCCN3)N3CC4(COC4)C3)ccc2n1CC(F)(F)F. The molecule has 3 aromatic rings. The number of hydrogen-bond acceptors (Lipinski definition) is 18. The number of aliphatic hydroxyl groups excluding tert-OH is 1. The van der Waals surface area contributed by atoms with E-state index in [0.717, 1.165) is 82.5 Å². The first-order chi connectivity index (χ1) is 44.2. The number of piperazine rings is 1. The third-order valence-electron chi connectivity index (χ3n) is 21.3. The smallest absolute Gasteiger partial charge is 0.406 e. The van der Waals surface area contributed by atoms with Crippen LogP contribution in [0.5, 0.6) is 0 Å². The Morgan fingerprint density at radius 2 is 1.67 bits per heavy atom. The molecular formula is C69H109F3N12O8. The zero-order valence-corrected chi connectivity index (χ0v) is 56.6. The van der Waals surface area contributed by atoms with Crippen LogP contribution in [0, 0.1) is 28.6 Å². The summed E-state index contributed by atoms with van der Waals surface area (Å²) in [5.74, 6) is 2.22. The number of amides is 1. The van der Waals surface area contributed by atoms with E-state index in [-0.39, 0.29) is 56.1 Å². The molecule has 3 saturated carbocycles. The lowest BCUT2D eigenvalue weighted by Gasteiger charge is -2.61. The van der Waals surface area contributed by atoms with Gasteiger partial charge in [-0.3, -0.25) is 39.2 Å². The minimum Gasteiger partial charge on any atom is -0.467 e. The average Bonchev–Trinajstić information content (AvgIpc) is 0.971. The van der Waals surface area contributed by atoms with Gasteiger partial charge in [-0.15, -0.1) is 0 Å². The molecular weight excluding hydrogens is 1180 g/mol. The van der Waals surface area contributed by atoms with Crippen molar-refractivity contribution in [1.29, 1.82) is 0 Å². The Kier molecular flexibility index (Phi) is 24.4. The van der Waals surface area contributed by atoms with E-state index in [1.807, 2.05) is 51.8 Å². The zero-order chi connectivity index (χ0) is 66.1. The number of alkyl halides is 3. The number of pyridine rings is 1. The van der Waals surface area contributed by atoms with Crippen LogP contribution in [0.4, 0.5) is 24.5 Å². The van der Waals surface area contributed by atoms with E-state index in [9.17, 15) is 37.5 Å². The molecule has 0 radical (unpaired) electrons. The second-order valence-electron chi connectivity index (χ2n) is 28.9. The van der Waals surface area contributed by atoms with Crippen molar-refractivity contribution in [2.24, 2.45) is 34.3 Å². The highest BCUT2D eigenvalue weighted by Crippen LogP contribution is 2.47. The Hall–Kier alpha value is -4.82. The van der Waals surface area contributed by atoms with Gasteiger partial charge in [0.1, 0.15) is 24.7 Å². The molecule has 0 bridgehead atoms. The standard InChI is InChI=1S/C46H65F3N8O6.C15H28N2O.C7H11NO.CH5N/c1-32(61-5)40-37(21-35(23-50-40)53-16-14-52(15-17-53)33-8-9-33)41-38(22-43(2,3)28-63-31-59)36-20-34(10-11-39(36)56(41)27-46(47,48)49)54(18-19-58)24-44(4,42(60)57-13-7-6-12-51-57)55-25-45(26-55)29-62-30-45;1-3-16(2)10-13-8-9-17(11-13)15(12-18)14-6-4-5-7-14;1-8-6(4-9)7(8)5-2-3-5;1-2/h10-11,20-21,23,31-33,51,58H,6-9,12-19,22,24-30H2,1-5H3;12-15H,3-11H2,1-2H3;4-7H,2-3H2,1H3;2H2,1H3. The minimum atomic E-state index is -4.59. The van der Waals surface area contributed by atoms with Crippen molar-refractivity contribution in [2.75, 3.05) is 156 Å². The second-order valence-corrected chi connectivity index (χ2v) is 28.9. The molecule has 4 N–H and O–H groups in total. The van der Waals surface area contributed by atoms with Crippen molar-refractivity contribution in [3.05, 3.63) is 41.7 Å². The largest absolute Gasteiger partial charge is 0.467 e. The van der Waals surface area contributed by atoms with Gasteiger partial charge in [0.15, 0.2) is 0 Å². The number of hydrazine groups is 1. The number of nitrogens with one attached hydrogen (secondary N) is 1. The first-order valence-electron chi connectivity index (χ1n) is 34.3. The summed E-state index contributed by atoms with van der Waals surface area (Å²) < 4.78 is 63.0. The van der Waals surface area contributed by atoms with Crippen LogP contribution in [-0.4, -0.2) is 251 Å². The molecule has 514 valence electrons. The van der Waals surface area contributed by atoms with Crippen molar-refractivity contribution in [3.63, 3.8) is 0 Å². The number of anilines is 2. The number of hydrogen-bond donors (Lipinski definition) is 3. The molecule has 20 nitrogen and oxygen atoms in total. The molecule has 1 spiro atoms. The van der Waals surface area contributed by atoms with E-state index in [2.05, 4.69) is 54.5 Å². The third-order valence-corrected chi connectivity index (χ3v) is 21.3. The molecule has 12 rings (SSSR count). The summed E-state index contributed by atoms with van der Waals surface area (Å²) in [5, 5.41) is 12.9. The van der Waals surface area contributed by atoms with Gasteiger partial charge in [-0.25, -0.2) is 5.43 Å². The number of nitrogens with two attached hydrogens (primary N) is 1. The van der Waals surface area contributed by atoms with Crippen LogP contribution in [0.15, 0.2) is 30.5 Å². The van der Waals surface area contributed by atoms with Gasteiger partial charge in [0.2, 0.25) is 0 Å². The summed E-state index contributed by atoms with van der Waals surface area (Å²) in [6.45, 7) is 21.2. The van der Waals surface area contributed by atoms with Gasteiger partial charge >= 0.3 is 6.18 Å². The highest BCUT2D eigenvalue weighted by molar-refractivity contribution is 5.95. The summed E-state index contributed by atoms with van der Waals surface area (Å²) in [4.78, 5) is 68.7. The molecule has 3 aliphatic carbocycles. The summed E-state index contributed by atoms with van der Waals surface area (Å²) in [5.41, 5.74) is 10.1. The molecule has 1 amide bonds.